The number of nitrogen functional groups attached to an aromatic ring is 1. The van der Waals surface area contributed by atoms with Crippen molar-refractivity contribution in [2.75, 3.05) is 29.0 Å². The summed E-state index contributed by atoms with van der Waals surface area (Å²) >= 11 is 0. The minimum absolute atomic E-state index is 0.0771. The fraction of sp³-hybridized carbons (Fsp3) is 0.750. The lowest BCUT2D eigenvalue weighted by molar-refractivity contribution is 0.179. The van der Waals surface area contributed by atoms with Crippen LogP contribution in [-0.2, 0) is 0 Å². The van der Waals surface area contributed by atoms with Crippen LogP contribution in [0.2, 0.25) is 0 Å². The number of aromatic nitrogens is 3. The van der Waals surface area contributed by atoms with Gasteiger partial charge >= 0.3 is 0 Å². The second kappa shape index (κ2) is 6.01. The average Bonchev–Trinajstić information content (AvgIpc) is 2.79. The first-order valence-corrected chi connectivity index (χ1v) is 6.75. The highest BCUT2D eigenvalue weighted by Gasteiger charge is 2.17. The zero-order valence-corrected chi connectivity index (χ0v) is 11.5. The maximum Gasteiger partial charge on any atom is 0.231 e. The van der Waals surface area contributed by atoms with Crippen LogP contribution >= 0.6 is 0 Å². The van der Waals surface area contributed by atoms with Gasteiger partial charge in [-0.05, 0) is 33.1 Å². The third kappa shape index (κ3) is 3.92. The first-order valence-electron chi connectivity index (χ1n) is 6.75. The molecule has 2 heterocycles. The maximum absolute atomic E-state index is 9.36. The molecule has 1 fully saturated rings. The highest BCUT2D eigenvalue weighted by Crippen LogP contribution is 2.18. The molecule has 2 rings (SSSR count). The lowest BCUT2D eigenvalue weighted by Gasteiger charge is -2.18. The third-order valence-electron chi connectivity index (χ3n) is 3.10. The topological polar surface area (TPSA) is 100 Å². The number of nitrogens with zero attached hydrogens (tertiary/aromatic N) is 4. The van der Waals surface area contributed by atoms with Crippen LogP contribution in [-0.4, -0.2) is 45.3 Å². The smallest absolute Gasteiger partial charge is 0.231 e. The molecule has 0 saturated carbocycles. The Balaban J connectivity index is 2.07. The molecular weight excluding hydrogens is 244 g/mol. The lowest BCUT2D eigenvalue weighted by Crippen LogP contribution is -2.25. The van der Waals surface area contributed by atoms with Gasteiger partial charge in [0.1, 0.15) is 0 Å². The van der Waals surface area contributed by atoms with Crippen LogP contribution in [0, 0.1) is 0 Å². The van der Waals surface area contributed by atoms with E-state index >= 15 is 0 Å². The van der Waals surface area contributed by atoms with E-state index in [0.717, 1.165) is 25.9 Å². The molecule has 0 radical (unpaired) electrons. The summed E-state index contributed by atoms with van der Waals surface area (Å²) in [5.74, 6) is 1.34. The van der Waals surface area contributed by atoms with E-state index in [0.29, 0.717) is 18.3 Å². The van der Waals surface area contributed by atoms with Gasteiger partial charge in [0.2, 0.25) is 17.8 Å². The Kier molecular flexibility index (Phi) is 4.36. The van der Waals surface area contributed by atoms with Crippen LogP contribution in [0.1, 0.15) is 33.1 Å². The van der Waals surface area contributed by atoms with Crippen molar-refractivity contribution in [3.05, 3.63) is 0 Å². The summed E-state index contributed by atoms with van der Waals surface area (Å²) in [7, 11) is 0. The van der Waals surface area contributed by atoms with Gasteiger partial charge in [0.15, 0.2) is 0 Å². The van der Waals surface area contributed by atoms with Crippen LogP contribution in [0.5, 0.6) is 0 Å². The zero-order chi connectivity index (χ0) is 13.8. The molecule has 0 bridgehead atoms. The number of hydrogen-bond acceptors (Lipinski definition) is 7. The molecule has 0 aliphatic carbocycles. The second-order valence-electron chi connectivity index (χ2n) is 5.14. The van der Waals surface area contributed by atoms with Gasteiger partial charge in [0.05, 0.1) is 6.10 Å². The number of hydrogen-bond donors (Lipinski definition) is 3. The molecule has 1 aliphatic heterocycles. The standard InChI is InChI=1S/C12H22N6O/c1-8(7-9(2)19)14-11-15-10(13)16-12(17-11)18-5-3-4-6-18/h8-9,19H,3-7H2,1-2H3,(H3,13,14,15,16,17). The Labute approximate surface area is 113 Å². The molecule has 106 valence electrons. The molecule has 7 heteroatoms. The monoisotopic (exact) mass is 266 g/mol. The van der Waals surface area contributed by atoms with Gasteiger partial charge in [0, 0.05) is 19.1 Å². The van der Waals surface area contributed by atoms with Gasteiger partial charge < -0.3 is 21.1 Å². The highest BCUT2D eigenvalue weighted by atomic mass is 16.3. The van der Waals surface area contributed by atoms with Crippen molar-refractivity contribution >= 4 is 17.8 Å². The van der Waals surface area contributed by atoms with Crippen molar-refractivity contribution in [2.24, 2.45) is 0 Å². The SMILES string of the molecule is CC(O)CC(C)Nc1nc(N)nc(N2CCCC2)n1. The van der Waals surface area contributed by atoms with Gasteiger partial charge in [-0.15, -0.1) is 0 Å². The Morgan fingerprint density at radius 3 is 2.58 bits per heavy atom. The van der Waals surface area contributed by atoms with Gasteiger partial charge in [-0.1, -0.05) is 0 Å². The molecule has 0 aromatic carbocycles. The van der Waals surface area contributed by atoms with Crippen LogP contribution < -0.4 is 16.0 Å². The van der Waals surface area contributed by atoms with E-state index in [2.05, 4.69) is 25.2 Å². The lowest BCUT2D eigenvalue weighted by atomic mass is 10.2. The fourth-order valence-corrected chi connectivity index (χ4v) is 2.29. The van der Waals surface area contributed by atoms with Crippen LogP contribution in [0.4, 0.5) is 17.8 Å². The van der Waals surface area contributed by atoms with E-state index in [4.69, 9.17) is 5.73 Å². The van der Waals surface area contributed by atoms with E-state index < -0.39 is 0 Å². The highest BCUT2D eigenvalue weighted by molar-refractivity contribution is 5.42. The largest absolute Gasteiger partial charge is 0.393 e. The number of aliphatic hydroxyl groups is 1. The Morgan fingerprint density at radius 1 is 1.26 bits per heavy atom. The van der Waals surface area contributed by atoms with E-state index in [1.165, 1.54) is 0 Å². The second-order valence-corrected chi connectivity index (χ2v) is 5.14. The molecule has 1 aliphatic rings. The summed E-state index contributed by atoms with van der Waals surface area (Å²) in [4.78, 5) is 14.8. The van der Waals surface area contributed by atoms with Gasteiger partial charge in [-0.2, -0.15) is 15.0 Å². The predicted molar refractivity (Wildman–Crippen MR) is 75.1 cm³/mol. The zero-order valence-electron chi connectivity index (χ0n) is 11.5. The molecule has 19 heavy (non-hydrogen) atoms. The van der Waals surface area contributed by atoms with Crippen molar-refractivity contribution in [1.29, 1.82) is 0 Å². The van der Waals surface area contributed by atoms with E-state index in [1.54, 1.807) is 6.92 Å². The van der Waals surface area contributed by atoms with Crippen LogP contribution in [0.25, 0.3) is 0 Å². The summed E-state index contributed by atoms with van der Waals surface area (Å²) in [6.07, 6.45) is 2.59. The quantitative estimate of drug-likeness (QED) is 0.718. The van der Waals surface area contributed by atoms with Gasteiger partial charge in [-0.25, -0.2) is 0 Å². The third-order valence-corrected chi connectivity index (χ3v) is 3.10. The molecule has 0 spiro atoms. The number of nitrogens with one attached hydrogen (secondary N) is 1. The minimum Gasteiger partial charge on any atom is -0.393 e. The van der Waals surface area contributed by atoms with Crippen molar-refractivity contribution < 1.29 is 5.11 Å². The summed E-state index contributed by atoms with van der Waals surface area (Å²) in [5.41, 5.74) is 5.73. The number of nitrogens with two attached hydrogens (primary N) is 1. The van der Waals surface area contributed by atoms with Gasteiger partial charge in [-0.3, -0.25) is 0 Å². The molecule has 2 unspecified atom stereocenters. The van der Waals surface area contributed by atoms with Gasteiger partial charge in [0.25, 0.3) is 0 Å². The molecule has 0 amide bonds. The van der Waals surface area contributed by atoms with E-state index in [9.17, 15) is 5.11 Å². The molecule has 1 saturated heterocycles. The van der Waals surface area contributed by atoms with E-state index in [1.807, 2.05) is 6.92 Å². The van der Waals surface area contributed by atoms with E-state index in [-0.39, 0.29) is 18.1 Å². The fourth-order valence-electron chi connectivity index (χ4n) is 2.29. The molecule has 1 aromatic heterocycles. The van der Waals surface area contributed by atoms with Crippen LogP contribution in [0.15, 0.2) is 0 Å². The predicted octanol–water partition coefficient (Wildman–Crippen LogP) is 0.625. The molecule has 4 N–H and O–H groups in total. The normalized spacial score (nSPS) is 18.4. The first-order chi connectivity index (χ1) is 9.04. The molecule has 2 atom stereocenters. The van der Waals surface area contributed by atoms with Crippen molar-refractivity contribution in [3.63, 3.8) is 0 Å². The summed E-state index contributed by atoms with van der Waals surface area (Å²) in [5, 5.41) is 12.5. The number of anilines is 3. The Morgan fingerprint density at radius 2 is 1.95 bits per heavy atom. The first kappa shape index (κ1) is 13.8. The Bertz CT molecular complexity index is 419. The number of aliphatic hydroxyl groups excluding tert-OH is 1. The summed E-state index contributed by atoms with van der Waals surface area (Å²) in [6, 6.07) is 0.0771. The summed E-state index contributed by atoms with van der Waals surface area (Å²) in [6.45, 7) is 5.66. The molecular formula is C12H22N6O. The van der Waals surface area contributed by atoms with Crippen molar-refractivity contribution in [2.45, 2.75) is 45.3 Å². The van der Waals surface area contributed by atoms with Crippen molar-refractivity contribution in [3.8, 4) is 0 Å². The average molecular weight is 266 g/mol. The minimum atomic E-state index is -0.361. The molecule has 1 aromatic rings. The summed E-state index contributed by atoms with van der Waals surface area (Å²) < 4.78 is 0. The van der Waals surface area contributed by atoms with Crippen LogP contribution in [0.3, 0.4) is 0 Å². The van der Waals surface area contributed by atoms with Crippen molar-refractivity contribution in [1.82, 2.24) is 15.0 Å². The number of rotatable bonds is 5. The molecule has 7 nitrogen and oxygen atoms in total. The Hall–Kier alpha value is -1.63. The maximum atomic E-state index is 9.36.